The Kier molecular flexibility index (Phi) is 5.64. The molecule has 2 aromatic rings. The maximum Gasteiger partial charge on any atom is 0.0847 e. The van der Waals surface area contributed by atoms with Crippen LogP contribution in [0.2, 0.25) is 5.02 Å². The zero-order valence-corrected chi connectivity index (χ0v) is 13.9. The van der Waals surface area contributed by atoms with Crippen molar-refractivity contribution in [2.75, 3.05) is 6.54 Å². The van der Waals surface area contributed by atoms with Gasteiger partial charge in [-0.05, 0) is 38.3 Å². The van der Waals surface area contributed by atoms with Crippen LogP contribution in [0.3, 0.4) is 0 Å². The Morgan fingerprint density at radius 1 is 1.40 bits per heavy atom. The first-order chi connectivity index (χ1) is 9.65. The van der Waals surface area contributed by atoms with Crippen LogP contribution in [-0.2, 0) is 19.4 Å². The van der Waals surface area contributed by atoms with Gasteiger partial charge in [0.25, 0.3) is 0 Å². The lowest BCUT2D eigenvalue weighted by Crippen LogP contribution is -2.33. The van der Waals surface area contributed by atoms with Gasteiger partial charge < -0.3 is 5.32 Å². The number of rotatable bonds is 7. The minimum Gasteiger partial charge on any atom is -0.314 e. The van der Waals surface area contributed by atoms with E-state index in [1.807, 2.05) is 22.9 Å². The van der Waals surface area contributed by atoms with Crippen molar-refractivity contribution >= 4 is 22.9 Å². The SMILES string of the molecule is CCNC(Cc1cccs1)Cc1c(Cl)c(C)nn1CC. The summed E-state index contributed by atoms with van der Waals surface area (Å²) >= 11 is 8.22. The van der Waals surface area contributed by atoms with Crippen molar-refractivity contribution in [1.29, 1.82) is 0 Å². The van der Waals surface area contributed by atoms with Crippen LogP contribution in [0.15, 0.2) is 17.5 Å². The maximum absolute atomic E-state index is 6.41. The first kappa shape index (κ1) is 15.5. The average Bonchev–Trinajstić information content (AvgIpc) is 3.02. The fourth-order valence-corrected chi connectivity index (χ4v) is 3.47. The Morgan fingerprint density at radius 3 is 2.80 bits per heavy atom. The Balaban J connectivity index is 2.15. The predicted octanol–water partition coefficient (Wildman–Crippen LogP) is 3.69. The molecule has 1 unspecified atom stereocenters. The number of aryl methyl sites for hydroxylation is 2. The third-order valence-corrected chi connectivity index (χ3v) is 4.80. The molecule has 0 bridgehead atoms. The molecule has 5 heteroatoms. The minimum absolute atomic E-state index is 0.401. The maximum atomic E-state index is 6.41. The van der Waals surface area contributed by atoms with E-state index >= 15 is 0 Å². The summed E-state index contributed by atoms with van der Waals surface area (Å²) in [4.78, 5) is 1.41. The van der Waals surface area contributed by atoms with Gasteiger partial charge in [-0.15, -0.1) is 11.3 Å². The quantitative estimate of drug-likeness (QED) is 0.845. The predicted molar refractivity (Wildman–Crippen MR) is 86.8 cm³/mol. The van der Waals surface area contributed by atoms with E-state index in [9.17, 15) is 0 Å². The van der Waals surface area contributed by atoms with Gasteiger partial charge in [-0.2, -0.15) is 5.10 Å². The van der Waals surface area contributed by atoms with Crippen LogP contribution in [0.4, 0.5) is 0 Å². The summed E-state index contributed by atoms with van der Waals surface area (Å²) in [5, 5.41) is 11.0. The summed E-state index contributed by atoms with van der Waals surface area (Å²) in [5.74, 6) is 0. The van der Waals surface area contributed by atoms with Gasteiger partial charge in [0.2, 0.25) is 0 Å². The van der Waals surface area contributed by atoms with Crippen molar-refractivity contribution < 1.29 is 0 Å². The zero-order valence-electron chi connectivity index (χ0n) is 12.3. The Hall–Kier alpha value is -0.840. The molecule has 0 aliphatic heterocycles. The lowest BCUT2D eigenvalue weighted by atomic mass is 10.1. The molecule has 20 heavy (non-hydrogen) atoms. The molecular formula is C15H22ClN3S. The van der Waals surface area contributed by atoms with Crippen LogP contribution in [0, 0.1) is 6.92 Å². The van der Waals surface area contributed by atoms with Gasteiger partial charge in [0.15, 0.2) is 0 Å². The fraction of sp³-hybridized carbons (Fsp3) is 0.533. The van der Waals surface area contributed by atoms with E-state index in [-0.39, 0.29) is 0 Å². The van der Waals surface area contributed by atoms with Crippen molar-refractivity contribution in [2.24, 2.45) is 0 Å². The van der Waals surface area contributed by atoms with Crippen LogP contribution in [0.5, 0.6) is 0 Å². The van der Waals surface area contributed by atoms with E-state index in [1.54, 1.807) is 0 Å². The zero-order chi connectivity index (χ0) is 14.5. The largest absolute Gasteiger partial charge is 0.314 e. The van der Waals surface area contributed by atoms with Gasteiger partial charge in [0, 0.05) is 23.9 Å². The molecule has 0 saturated carbocycles. The normalized spacial score (nSPS) is 12.8. The molecule has 0 saturated heterocycles. The summed E-state index contributed by atoms with van der Waals surface area (Å²) < 4.78 is 2.02. The molecule has 0 aliphatic carbocycles. The Morgan fingerprint density at radius 2 is 2.20 bits per heavy atom. The molecule has 110 valence electrons. The van der Waals surface area contributed by atoms with Gasteiger partial charge in [0.1, 0.15) is 0 Å². The number of nitrogens with zero attached hydrogens (tertiary/aromatic N) is 2. The highest BCUT2D eigenvalue weighted by Gasteiger charge is 2.18. The molecule has 2 rings (SSSR count). The molecule has 0 radical (unpaired) electrons. The number of thiophene rings is 1. The first-order valence-corrected chi connectivity index (χ1v) is 8.39. The van der Waals surface area contributed by atoms with Gasteiger partial charge in [-0.1, -0.05) is 24.6 Å². The van der Waals surface area contributed by atoms with Crippen LogP contribution in [0.25, 0.3) is 0 Å². The van der Waals surface area contributed by atoms with Gasteiger partial charge in [-0.3, -0.25) is 4.68 Å². The molecule has 2 heterocycles. The third kappa shape index (κ3) is 3.62. The molecule has 1 N–H and O–H groups in total. The van der Waals surface area contributed by atoms with Crippen LogP contribution >= 0.6 is 22.9 Å². The van der Waals surface area contributed by atoms with E-state index in [4.69, 9.17) is 11.6 Å². The van der Waals surface area contributed by atoms with Gasteiger partial charge in [-0.25, -0.2) is 0 Å². The fourth-order valence-electron chi connectivity index (χ4n) is 2.47. The average molecular weight is 312 g/mol. The van der Waals surface area contributed by atoms with Crippen LogP contribution in [0.1, 0.15) is 30.1 Å². The highest BCUT2D eigenvalue weighted by molar-refractivity contribution is 7.09. The topological polar surface area (TPSA) is 29.9 Å². The monoisotopic (exact) mass is 311 g/mol. The lowest BCUT2D eigenvalue weighted by molar-refractivity contribution is 0.498. The van der Waals surface area contributed by atoms with E-state index in [1.165, 1.54) is 4.88 Å². The summed E-state index contributed by atoms with van der Waals surface area (Å²) in [7, 11) is 0. The van der Waals surface area contributed by atoms with Crippen molar-refractivity contribution in [3.63, 3.8) is 0 Å². The smallest absolute Gasteiger partial charge is 0.0847 e. The van der Waals surface area contributed by atoms with Crippen LogP contribution in [-0.4, -0.2) is 22.4 Å². The van der Waals surface area contributed by atoms with Crippen molar-refractivity contribution in [1.82, 2.24) is 15.1 Å². The summed E-state index contributed by atoms with van der Waals surface area (Å²) in [6, 6.07) is 4.70. The number of nitrogens with one attached hydrogen (secondary N) is 1. The number of likely N-dealkylation sites (N-methyl/N-ethyl adjacent to an activating group) is 1. The molecular weight excluding hydrogens is 290 g/mol. The van der Waals surface area contributed by atoms with Crippen molar-refractivity contribution in [3.05, 3.63) is 38.8 Å². The van der Waals surface area contributed by atoms with E-state index in [0.29, 0.717) is 6.04 Å². The highest BCUT2D eigenvalue weighted by atomic mass is 35.5. The summed E-state index contributed by atoms with van der Waals surface area (Å²) in [6.07, 6.45) is 1.95. The summed E-state index contributed by atoms with van der Waals surface area (Å²) in [6.45, 7) is 8.05. The molecule has 0 spiro atoms. The second-order valence-corrected chi connectivity index (χ2v) is 6.31. The second kappa shape index (κ2) is 7.25. The first-order valence-electron chi connectivity index (χ1n) is 7.13. The molecule has 3 nitrogen and oxygen atoms in total. The molecule has 0 aromatic carbocycles. The van der Waals surface area contributed by atoms with Gasteiger partial charge in [0.05, 0.1) is 16.4 Å². The standard InChI is InChI=1S/C15H22ClN3S/c1-4-17-12(9-13-7-6-8-20-13)10-14-15(16)11(3)18-19(14)5-2/h6-8,12,17H,4-5,9-10H2,1-3H3. The highest BCUT2D eigenvalue weighted by Crippen LogP contribution is 2.23. The van der Waals surface area contributed by atoms with Crippen molar-refractivity contribution in [2.45, 2.75) is 46.2 Å². The number of hydrogen-bond donors (Lipinski definition) is 1. The molecule has 2 aromatic heterocycles. The third-order valence-electron chi connectivity index (χ3n) is 3.41. The Labute approximate surface area is 130 Å². The molecule has 1 atom stereocenters. The number of aromatic nitrogens is 2. The van der Waals surface area contributed by atoms with Crippen LogP contribution < -0.4 is 5.32 Å². The second-order valence-electron chi connectivity index (χ2n) is 4.90. The van der Waals surface area contributed by atoms with Crippen molar-refractivity contribution in [3.8, 4) is 0 Å². The minimum atomic E-state index is 0.401. The molecule has 0 amide bonds. The number of halogens is 1. The lowest BCUT2D eigenvalue weighted by Gasteiger charge is -2.18. The summed E-state index contributed by atoms with van der Waals surface area (Å²) in [5.41, 5.74) is 2.07. The van der Waals surface area contributed by atoms with E-state index in [2.05, 4.69) is 41.8 Å². The molecule has 0 aliphatic rings. The number of hydrogen-bond acceptors (Lipinski definition) is 3. The molecule has 0 fully saturated rings. The Bertz CT molecular complexity index is 534. The van der Waals surface area contributed by atoms with E-state index in [0.717, 1.165) is 42.3 Å². The van der Waals surface area contributed by atoms with Gasteiger partial charge >= 0.3 is 0 Å². The van der Waals surface area contributed by atoms with E-state index < -0.39 is 0 Å².